The lowest BCUT2D eigenvalue weighted by atomic mass is 10.1. The maximum atomic E-state index is 12.7. The van der Waals surface area contributed by atoms with Crippen LogP contribution in [0.25, 0.3) is 16.8 Å². The third-order valence-corrected chi connectivity index (χ3v) is 7.28. The number of rotatable bonds is 9. The van der Waals surface area contributed by atoms with E-state index in [0.29, 0.717) is 11.3 Å². The van der Waals surface area contributed by atoms with Gasteiger partial charge < -0.3 is 15.0 Å². The Bertz CT molecular complexity index is 1540. The summed E-state index contributed by atoms with van der Waals surface area (Å²) in [5, 5.41) is 23.4. The first-order valence-electron chi connectivity index (χ1n) is 10.5. The Kier molecular flexibility index (Phi) is 7.14. The Morgan fingerprint density at radius 1 is 1.08 bits per heavy atom. The third-order valence-electron chi connectivity index (χ3n) is 5.10. The van der Waals surface area contributed by atoms with Gasteiger partial charge in [-0.1, -0.05) is 30.3 Å². The zero-order valence-corrected chi connectivity index (χ0v) is 20.2. The van der Waals surface area contributed by atoms with Crippen molar-refractivity contribution in [3.63, 3.8) is 0 Å². The Balaban J connectivity index is 1.74. The quantitative estimate of drug-likeness (QED) is 0.300. The second kappa shape index (κ2) is 10.4. The van der Waals surface area contributed by atoms with Crippen molar-refractivity contribution >= 4 is 44.2 Å². The number of carbonyl (C=O) groups excluding carboxylic acids is 1. The van der Waals surface area contributed by atoms with Crippen LogP contribution in [0.1, 0.15) is 18.4 Å². The lowest BCUT2D eigenvalue weighted by Crippen LogP contribution is -2.16. The van der Waals surface area contributed by atoms with Crippen LogP contribution in [0.3, 0.4) is 0 Å². The molecule has 1 amide bonds. The monoisotopic (exact) mass is 521 g/mol. The Hall–Kier alpha value is -4.47. The van der Waals surface area contributed by atoms with Crippen molar-refractivity contribution in [3.8, 4) is 22.9 Å². The molecule has 3 N–H and O–H groups in total. The van der Waals surface area contributed by atoms with Gasteiger partial charge in [-0.2, -0.15) is 5.26 Å². The number of anilines is 2. The first-order chi connectivity index (χ1) is 17.3. The number of nitrogens with zero attached hydrogens (tertiary/aromatic N) is 3. The number of carbonyl (C=O) groups is 2. The minimum atomic E-state index is -3.87. The molecule has 0 fully saturated rings. The van der Waals surface area contributed by atoms with E-state index in [0.717, 1.165) is 16.9 Å². The van der Waals surface area contributed by atoms with E-state index in [1.54, 1.807) is 28.3 Å². The van der Waals surface area contributed by atoms with Gasteiger partial charge in [0.2, 0.25) is 5.91 Å². The number of sulfonamides is 1. The van der Waals surface area contributed by atoms with Crippen molar-refractivity contribution in [1.82, 2.24) is 9.55 Å². The maximum Gasteiger partial charge on any atom is 0.303 e. The van der Waals surface area contributed by atoms with Crippen molar-refractivity contribution < 1.29 is 23.1 Å². The highest BCUT2D eigenvalue weighted by atomic mass is 32.2. The summed E-state index contributed by atoms with van der Waals surface area (Å²) < 4.78 is 29.3. The van der Waals surface area contributed by atoms with Gasteiger partial charge in [-0.05, 0) is 29.8 Å². The molecule has 182 valence electrons. The molecule has 0 radical (unpaired) electrons. The number of carboxylic acids is 1. The van der Waals surface area contributed by atoms with Crippen molar-refractivity contribution in [1.29, 1.82) is 5.26 Å². The number of thiazole rings is 1. The fourth-order valence-corrected chi connectivity index (χ4v) is 5.22. The van der Waals surface area contributed by atoms with Gasteiger partial charge in [0.05, 0.1) is 11.3 Å². The third kappa shape index (κ3) is 5.43. The van der Waals surface area contributed by atoms with E-state index >= 15 is 0 Å². The number of amides is 1. The summed E-state index contributed by atoms with van der Waals surface area (Å²) in [6, 6.07) is 17.1. The number of benzene rings is 2. The van der Waals surface area contributed by atoms with Crippen LogP contribution in [-0.4, -0.2) is 35.0 Å². The van der Waals surface area contributed by atoms with Crippen LogP contribution in [0.4, 0.5) is 10.9 Å². The average molecular weight is 522 g/mol. The first kappa shape index (κ1) is 24.6. The Morgan fingerprint density at radius 2 is 1.81 bits per heavy atom. The first-order valence-corrected chi connectivity index (χ1v) is 12.9. The zero-order chi connectivity index (χ0) is 25.7. The fourth-order valence-electron chi connectivity index (χ4n) is 3.43. The molecular formula is C24H19N5O5S2. The minimum absolute atomic E-state index is 0.00411. The molecule has 4 rings (SSSR count). The predicted octanol–water partition coefficient (Wildman–Crippen LogP) is 4.08. The second-order valence-corrected chi connectivity index (χ2v) is 10.1. The van der Waals surface area contributed by atoms with Crippen LogP contribution in [-0.2, 0) is 19.6 Å². The number of nitriles is 1. The summed E-state index contributed by atoms with van der Waals surface area (Å²) in [5.74, 6) is -1.53. The molecule has 0 unspecified atom stereocenters. The highest BCUT2D eigenvalue weighted by Gasteiger charge is 2.21. The summed E-state index contributed by atoms with van der Waals surface area (Å²) in [5.41, 5.74) is 1.96. The number of carboxylic acid groups (broad SMARTS) is 1. The lowest BCUT2D eigenvalue weighted by Gasteiger charge is -2.12. The average Bonchev–Trinajstić information content (AvgIpc) is 3.50. The van der Waals surface area contributed by atoms with Gasteiger partial charge in [-0.3, -0.25) is 14.3 Å². The van der Waals surface area contributed by atoms with E-state index in [9.17, 15) is 23.3 Å². The van der Waals surface area contributed by atoms with Gasteiger partial charge in [-0.25, -0.2) is 13.4 Å². The van der Waals surface area contributed by atoms with E-state index in [-0.39, 0.29) is 34.2 Å². The standard InChI is InChI=1S/C24H19N5O5S2/c25-14-19-20(16-4-2-1-3-5-16)15-29(23(19)27-21(30)10-11-22(31)32)17-6-8-18(9-7-17)36(33,34)28-24-26-12-13-35-24/h1-9,12-13,15H,10-11H2,(H,26,28)(H,27,30)(H,31,32). The summed E-state index contributed by atoms with van der Waals surface area (Å²) in [7, 11) is -3.87. The topological polar surface area (TPSA) is 154 Å². The van der Waals surface area contributed by atoms with E-state index < -0.39 is 21.9 Å². The fraction of sp³-hybridized carbons (Fsp3) is 0.0833. The SMILES string of the molecule is N#Cc1c(-c2ccccc2)cn(-c2ccc(S(=O)(=O)Nc3nccs3)cc2)c1NC(=O)CCC(=O)O. The summed E-state index contributed by atoms with van der Waals surface area (Å²) in [6.45, 7) is 0. The van der Waals surface area contributed by atoms with E-state index in [2.05, 4.69) is 21.1 Å². The van der Waals surface area contributed by atoms with Crippen LogP contribution >= 0.6 is 11.3 Å². The van der Waals surface area contributed by atoms with E-state index in [1.165, 1.54) is 18.3 Å². The molecule has 0 spiro atoms. The minimum Gasteiger partial charge on any atom is -0.481 e. The van der Waals surface area contributed by atoms with Gasteiger partial charge >= 0.3 is 5.97 Å². The van der Waals surface area contributed by atoms with Crippen LogP contribution in [0, 0.1) is 11.3 Å². The molecule has 0 atom stereocenters. The summed E-state index contributed by atoms with van der Waals surface area (Å²) in [6.07, 6.45) is 2.52. The molecular weight excluding hydrogens is 502 g/mol. The molecule has 2 aromatic carbocycles. The van der Waals surface area contributed by atoms with Crippen molar-refractivity contribution in [2.75, 3.05) is 10.0 Å². The van der Waals surface area contributed by atoms with Crippen LogP contribution in [0.2, 0.25) is 0 Å². The molecule has 0 saturated carbocycles. The molecule has 12 heteroatoms. The second-order valence-electron chi connectivity index (χ2n) is 7.49. The molecule has 2 heterocycles. The molecule has 0 aliphatic rings. The number of hydrogen-bond acceptors (Lipinski definition) is 7. The Labute approximate surface area is 210 Å². The van der Waals surface area contributed by atoms with Gasteiger partial charge in [-0.15, -0.1) is 11.3 Å². The molecule has 2 aromatic heterocycles. The normalized spacial score (nSPS) is 11.0. The smallest absolute Gasteiger partial charge is 0.303 e. The highest BCUT2D eigenvalue weighted by molar-refractivity contribution is 7.93. The lowest BCUT2D eigenvalue weighted by molar-refractivity contribution is -0.138. The van der Waals surface area contributed by atoms with Crippen LogP contribution in [0.15, 0.2) is 77.3 Å². The molecule has 0 aliphatic carbocycles. The molecule has 36 heavy (non-hydrogen) atoms. The number of nitrogens with one attached hydrogen (secondary N) is 2. The van der Waals surface area contributed by atoms with Crippen molar-refractivity contribution in [2.45, 2.75) is 17.7 Å². The highest BCUT2D eigenvalue weighted by Crippen LogP contribution is 2.34. The maximum absolute atomic E-state index is 12.7. The summed E-state index contributed by atoms with van der Waals surface area (Å²) >= 11 is 1.15. The van der Waals surface area contributed by atoms with E-state index in [1.807, 2.05) is 30.3 Å². The van der Waals surface area contributed by atoms with E-state index in [4.69, 9.17) is 5.11 Å². The molecule has 0 bridgehead atoms. The zero-order valence-electron chi connectivity index (χ0n) is 18.6. The molecule has 0 saturated heterocycles. The number of hydrogen-bond donors (Lipinski definition) is 3. The van der Waals surface area contributed by atoms with Crippen molar-refractivity contribution in [2.24, 2.45) is 0 Å². The predicted molar refractivity (Wildman–Crippen MR) is 134 cm³/mol. The van der Waals surface area contributed by atoms with Gasteiger partial charge in [0.1, 0.15) is 17.5 Å². The molecule has 4 aromatic rings. The van der Waals surface area contributed by atoms with Gasteiger partial charge in [0.25, 0.3) is 10.0 Å². The Morgan fingerprint density at radius 3 is 2.42 bits per heavy atom. The molecule has 0 aliphatic heterocycles. The van der Waals surface area contributed by atoms with Crippen LogP contribution < -0.4 is 10.0 Å². The van der Waals surface area contributed by atoms with Crippen molar-refractivity contribution in [3.05, 3.63) is 77.9 Å². The summed E-state index contributed by atoms with van der Waals surface area (Å²) in [4.78, 5) is 27.3. The van der Waals surface area contributed by atoms with Crippen LogP contribution in [0.5, 0.6) is 0 Å². The molecule has 10 nitrogen and oxygen atoms in total. The number of aromatic nitrogens is 2. The number of aliphatic carboxylic acids is 1. The van der Waals surface area contributed by atoms with Gasteiger partial charge in [0.15, 0.2) is 5.13 Å². The largest absolute Gasteiger partial charge is 0.481 e. The van der Waals surface area contributed by atoms with Gasteiger partial charge in [0, 0.05) is 35.4 Å².